The fourth-order valence-electron chi connectivity index (χ4n) is 2.32. The molecule has 28 heavy (non-hydrogen) atoms. The van der Waals surface area contributed by atoms with Crippen LogP contribution < -0.4 is 16.0 Å². The Morgan fingerprint density at radius 1 is 1.04 bits per heavy atom. The van der Waals surface area contributed by atoms with Crippen molar-refractivity contribution in [1.29, 1.82) is 5.26 Å². The van der Waals surface area contributed by atoms with Crippen LogP contribution in [0, 0.1) is 11.3 Å². The molecule has 3 N–H and O–H groups in total. The van der Waals surface area contributed by atoms with Crippen molar-refractivity contribution in [3.05, 3.63) is 65.2 Å². The zero-order chi connectivity index (χ0) is 20.4. The number of carbonyl (C=O) groups is 2. The highest BCUT2D eigenvalue weighted by Crippen LogP contribution is 2.13. The first-order valence-electron chi connectivity index (χ1n) is 8.96. The fraction of sp³-hybridized carbons (Fsp3) is 0.286. The van der Waals surface area contributed by atoms with Gasteiger partial charge in [0.05, 0.1) is 17.4 Å². The molecule has 2 aromatic rings. The van der Waals surface area contributed by atoms with Crippen LogP contribution in [-0.2, 0) is 17.1 Å². The van der Waals surface area contributed by atoms with E-state index in [0.29, 0.717) is 23.5 Å². The van der Waals surface area contributed by atoms with Crippen molar-refractivity contribution >= 4 is 29.4 Å². The van der Waals surface area contributed by atoms with Gasteiger partial charge in [0.15, 0.2) is 0 Å². The first-order chi connectivity index (χ1) is 13.5. The predicted molar refractivity (Wildman–Crippen MR) is 113 cm³/mol. The van der Waals surface area contributed by atoms with Gasteiger partial charge in [-0.25, -0.2) is 4.79 Å². The molecule has 0 spiro atoms. The van der Waals surface area contributed by atoms with Crippen LogP contribution in [0.2, 0.25) is 0 Å². The number of hydrogen-bond acceptors (Lipinski definition) is 4. The first-order valence-corrected chi connectivity index (χ1v) is 10.1. The summed E-state index contributed by atoms with van der Waals surface area (Å²) in [5, 5.41) is 17.2. The van der Waals surface area contributed by atoms with E-state index in [1.165, 1.54) is 11.8 Å². The van der Waals surface area contributed by atoms with E-state index in [9.17, 15) is 9.59 Å². The molecule has 0 aliphatic carbocycles. The average molecular weight is 397 g/mol. The Labute approximate surface area is 169 Å². The number of amides is 3. The summed E-state index contributed by atoms with van der Waals surface area (Å²) < 4.78 is 0. The number of benzene rings is 2. The lowest BCUT2D eigenvalue weighted by Crippen LogP contribution is -2.34. The second-order valence-corrected chi connectivity index (χ2v) is 7.51. The monoisotopic (exact) mass is 396 g/mol. The van der Waals surface area contributed by atoms with E-state index < -0.39 is 0 Å². The van der Waals surface area contributed by atoms with Crippen molar-refractivity contribution in [3.8, 4) is 6.07 Å². The van der Waals surface area contributed by atoms with Crippen molar-refractivity contribution in [2.75, 3.05) is 11.1 Å². The maximum atomic E-state index is 12.0. The highest BCUT2D eigenvalue weighted by atomic mass is 32.2. The van der Waals surface area contributed by atoms with Gasteiger partial charge in [-0.3, -0.25) is 4.79 Å². The summed E-state index contributed by atoms with van der Waals surface area (Å²) in [6.45, 7) is 4.23. The number of thioether (sulfide) groups is 1. The molecule has 2 aromatic carbocycles. The molecule has 0 atom stereocenters. The largest absolute Gasteiger partial charge is 0.351 e. The molecule has 7 heteroatoms. The normalized spacial score (nSPS) is 10.2. The third kappa shape index (κ3) is 7.72. The minimum absolute atomic E-state index is 0.0304. The molecule has 0 fully saturated rings. The Balaban J connectivity index is 1.69. The summed E-state index contributed by atoms with van der Waals surface area (Å²) >= 11 is 1.53. The Bertz CT molecular complexity index is 827. The SMILES string of the molecule is CC(C)NC(=O)Nc1ccc(CNC(=O)CSCc2ccc(C#N)cc2)cc1. The molecule has 0 bridgehead atoms. The minimum Gasteiger partial charge on any atom is -0.351 e. The summed E-state index contributed by atoms with van der Waals surface area (Å²) in [7, 11) is 0. The lowest BCUT2D eigenvalue weighted by molar-refractivity contribution is -0.118. The summed E-state index contributed by atoms with van der Waals surface area (Å²) in [4.78, 5) is 23.6. The van der Waals surface area contributed by atoms with Gasteiger partial charge in [0.25, 0.3) is 0 Å². The highest BCUT2D eigenvalue weighted by Gasteiger charge is 2.05. The van der Waals surface area contributed by atoms with Crippen LogP contribution in [0.4, 0.5) is 10.5 Å². The summed E-state index contributed by atoms with van der Waals surface area (Å²) in [5.41, 5.74) is 3.38. The molecule has 0 saturated heterocycles. The minimum atomic E-state index is -0.240. The lowest BCUT2D eigenvalue weighted by Gasteiger charge is -2.11. The summed E-state index contributed by atoms with van der Waals surface area (Å²) in [6.07, 6.45) is 0. The number of nitrogens with one attached hydrogen (secondary N) is 3. The van der Waals surface area contributed by atoms with Gasteiger partial charge in [-0.1, -0.05) is 24.3 Å². The molecular weight excluding hydrogens is 372 g/mol. The van der Waals surface area contributed by atoms with E-state index in [-0.39, 0.29) is 18.0 Å². The number of rotatable bonds is 8. The Hall–Kier alpha value is -2.98. The van der Waals surface area contributed by atoms with E-state index in [1.807, 2.05) is 38.1 Å². The molecule has 146 valence electrons. The number of carbonyl (C=O) groups excluding carboxylic acids is 2. The van der Waals surface area contributed by atoms with Crippen LogP contribution in [0.15, 0.2) is 48.5 Å². The standard InChI is InChI=1S/C21H24N4O2S/c1-15(2)24-21(27)25-19-9-7-17(8-10-19)12-23-20(26)14-28-13-18-5-3-16(11-22)4-6-18/h3-10,15H,12-14H2,1-2H3,(H,23,26)(H2,24,25,27). The lowest BCUT2D eigenvalue weighted by atomic mass is 10.2. The smallest absolute Gasteiger partial charge is 0.319 e. The predicted octanol–water partition coefficient (Wildman–Crippen LogP) is 3.64. The van der Waals surface area contributed by atoms with Crippen molar-refractivity contribution < 1.29 is 9.59 Å². The second-order valence-electron chi connectivity index (χ2n) is 6.53. The van der Waals surface area contributed by atoms with E-state index in [2.05, 4.69) is 22.0 Å². The second kappa shape index (κ2) is 11.0. The first kappa shape index (κ1) is 21.3. The molecule has 0 heterocycles. The molecule has 0 radical (unpaired) electrons. The summed E-state index contributed by atoms with van der Waals surface area (Å²) in [6, 6.07) is 16.6. The van der Waals surface area contributed by atoms with Crippen molar-refractivity contribution in [3.63, 3.8) is 0 Å². The molecule has 0 unspecified atom stereocenters. The van der Waals surface area contributed by atoms with Gasteiger partial charge in [-0.15, -0.1) is 11.8 Å². The molecule has 0 aliphatic rings. The van der Waals surface area contributed by atoms with Gasteiger partial charge in [0.2, 0.25) is 5.91 Å². The van der Waals surface area contributed by atoms with Gasteiger partial charge in [0.1, 0.15) is 0 Å². The highest BCUT2D eigenvalue weighted by molar-refractivity contribution is 7.99. The number of hydrogen-bond donors (Lipinski definition) is 3. The zero-order valence-corrected chi connectivity index (χ0v) is 16.8. The van der Waals surface area contributed by atoms with Gasteiger partial charge < -0.3 is 16.0 Å². The van der Waals surface area contributed by atoms with Gasteiger partial charge >= 0.3 is 6.03 Å². The zero-order valence-electron chi connectivity index (χ0n) is 16.0. The van der Waals surface area contributed by atoms with Crippen molar-refractivity contribution in [2.24, 2.45) is 0 Å². The number of nitriles is 1. The van der Waals surface area contributed by atoms with E-state index >= 15 is 0 Å². The summed E-state index contributed by atoms with van der Waals surface area (Å²) in [5.74, 6) is 1.06. The topological polar surface area (TPSA) is 94.0 Å². The van der Waals surface area contributed by atoms with Crippen molar-refractivity contribution in [1.82, 2.24) is 10.6 Å². The number of urea groups is 1. The van der Waals surface area contributed by atoms with Gasteiger partial charge in [-0.2, -0.15) is 5.26 Å². The van der Waals surface area contributed by atoms with Crippen LogP contribution in [0.5, 0.6) is 0 Å². The number of nitrogens with zero attached hydrogens (tertiary/aromatic N) is 1. The van der Waals surface area contributed by atoms with E-state index in [0.717, 1.165) is 16.9 Å². The number of anilines is 1. The van der Waals surface area contributed by atoms with Crippen LogP contribution >= 0.6 is 11.8 Å². The molecule has 0 aromatic heterocycles. The molecule has 0 saturated carbocycles. The van der Waals surface area contributed by atoms with Crippen molar-refractivity contribution in [2.45, 2.75) is 32.2 Å². The molecule has 6 nitrogen and oxygen atoms in total. The van der Waals surface area contributed by atoms with Crippen LogP contribution in [0.3, 0.4) is 0 Å². The quantitative estimate of drug-likeness (QED) is 0.635. The van der Waals surface area contributed by atoms with E-state index in [1.54, 1.807) is 24.3 Å². The van der Waals surface area contributed by atoms with Gasteiger partial charge in [-0.05, 0) is 49.2 Å². The third-order valence-corrected chi connectivity index (χ3v) is 4.71. The van der Waals surface area contributed by atoms with Crippen LogP contribution in [-0.4, -0.2) is 23.7 Å². The maximum Gasteiger partial charge on any atom is 0.319 e. The van der Waals surface area contributed by atoms with Crippen LogP contribution in [0.25, 0.3) is 0 Å². The Kier molecular flexibility index (Phi) is 8.37. The molecule has 0 aliphatic heterocycles. The average Bonchev–Trinajstić information content (AvgIpc) is 2.67. The van der Waals surface area contributed by atoms with Crippen LogP contribution in [0.1, 0.15) is 30.5 Å². The Morgan fingerprint density at radius 3 is 2.29 bits per heavy atom. The molecule has 3 amide bonds. The van der Waals surface area contributed by atoms with E-state index in [4.69, 9.17) is 5.26 Å². The maximum absolute atomic E-state index is 12.0. The third-order valence-electron chi connectivity index (χ3n) is 3.71. The van der Waals surface area contributed by atoms with Gasteiger partial charge in [0, 0.05) is 24.0 Å². The molecule has 2 rings (SSSR count). The fourth-order valence-corrected chi connectivity index (χ4v) is 3.14. The Morgan fingerprint density at radius 2 is 1.68 bits per heavy atom. The molecular formula is C21H24N4O2S.